The van der Waals surface area contributed by atoms with Crippen LogP contribution in [0.1, 0.15) is 44.7 Å². The average Bonchev–Trinajstić information content (AvgIpc) is 2.94. The maximum atomic E-state index is 10.7. The third kappa shape index (κ3) is 5.78. The fraction of sp³-hybridized carbons (Fsp3) is 0.125. The molecule has 0 saturated heterocycles. The summed E-state index contributed by atoms with van der Waals surface area (Å²) in [5.41, 5.74) is 8.09. The second kappa shape index (κ2) is 11.8. The molecule has 0 unspecified atom stereocenters. The molecule has 1 amide bonds. The second-order valence-electron chi connectivity index (χ2n) is 8.66. The first-order valence-corrected chi connectivity index (χ1v) is 12.1. The van der Waals surface area contributed by atoms with Gasteiger partial charge in [-0.05, 0) is 70.5 Å². The molecule has 0 heterocycles. The van der Waals surface area contributed by atoms with Crippen LogP contribution in [0.4, 0.5) is 0 Å². The van der Waals surface area contributed by atoms with Gasteiger partial charge < -0.3 is 10.8 Å². The first-order valence-electron chi connectivity index (χ1n) is 12.1. The van der Waals surface area contributed by atoms with Crippen LogP contribution >= 0.6 is 0 Å². The zero-order chi connectivity index (χ0) is 25.3. The molecular weight excluding hydrogens is 446 g/mol. The molecule has 4 heteroatoms. The van der Waals surface area contributed by atoms with Crippen LogP contribution < -0.4 is 5.73 Å². The van der Waals surface area contributed by atoms with Crippen molar-refractivity contribution >= 4 is 33.4 Å². The number of benzene rings is 5. The number of hydrogen-bond acceptors (Lipinski definition) is 2. The maximum absolute atomic E-state index is 10.7. The van der Waals surface area contributed by atoms with Crippen molar-refractivity contribution in [2.45, 2.75) is 25.7 Å². The Labute approximate surface area is 211 Å². The summed E-state index contributed by atoms with van der Waals surface area (Å²) in [6.07, 6.45) is 5.22. The zero-order valence-corrected chi connectivity index (χ0v) is 20.1. The number of primary amides is 1. The van der Waals surface area contributed by atoms with E-state index in [0.29, 0.717) is 0 Å². The van der Waals surface area contributed by atoms with Crippen molar-refractivity contribution in [1.82, 2.24) is 0 Å². The number of nitrogens with two attached hydrogens (primary N) is 1. The molecule has 5 aromatic carbocycles. The number of hydrogen-bond donors (Lipinski definition) is 2. The zero-order valence-electron chi connectivity index (χ0n) is 20.1. The first kappa shape index (κ1) is 24.7. The number of carboxylic acid groups (broad SMARTS) is 1. The normalized spacial score (nSPS) is 11.9. The molecule has 0 spiro atoms. The van der Waals surface area contributed by atoms with E-state index in [-0.39, 0.29) is 11.1 Å². The van der Waals surface area contributed by atoms with E-state index in [9.17, 15) is 9.59 Å². The van der Waals surface area contributed by atoms with E-state index in [4.69, 9.17) is 10.8 Å². The lowest BCUT2D eigenvalue weighted by molar-refractivity contribution is 0.0692. The predicted molar refractivity (Wildman–Crippen MR) is 146 cm³/mol. The lowest BCUT2D eigenvalue weighted by Crippen LogP contribution is -2.15. The molecule has 0 saturated carbocycles. The largest absolute Gasteiger partial charge is 0.478 e. The molecule has 180 valence electrons. The van der Waals surface area contributed by atoms with Crippen LogP contribution in [-0.2, 0) is 12.8 Å². The molecule has 0 bridgehead atoms. The summed E-state index contributed by atoms with van der Waals surface area (Å²) in [4.78, 5) is 21.2. The summed E-state index contributed by atoms with van der Waals surface area (Å²) in [6, 6.07) is 35.8. The SMILES string of the molecule is NC(=O)c1ccccc1C(=O)O.c1ccc2c(c1)ccc1c3c(ccc12)CCCC3.c1ccccc1. The highest BCUT2D eigenvalue weighted by Gasteiger charge is 2.13. The number of aromatic carboxylic acids is 1. The summed E-state index contributed by atoms with van der Waals surface area (Å²) in [5.74, 6) is -1.88. The van der Waals surface area contributed by atoms with Crippen molar-refractivity contribution in [2.75, 3.05) is 0 Å². The Morgan fingerprint density at radius 3 is 1.81 bits per heavy atom. The number of carboxylic acids is 1. The van der Waals surface area contributed by atoms with Gasteiger partial charge in [-0.25, -0.2) is 4.79 Å². The van der Waals surface area contributed by atoms with Gasteiger partial charge in [-0.2, -0.15) is 0 Å². The highest BCUT2D eigenvalue weighted by molar-refractivity contribution is 6.08. The van der Waals surface area contributed by atoms with E-state index >= 15 is 0 Å². The van der Waals surface area contributed by atoms with Crippen LogP contribution in [0.25, 0.3) is 21.5 Å². The van der Waals surface area contributed by atoms with Crippen molar-refractivity contribution in [3.05, 3.63) is 131 Å². The average molecular weight is 476 g/mol. The van der Waals surface area contributed by atoms with E-state index < -0.39 is 11.9 Å². The summed E-state index contributed by atoms with van der Waals surface area (Å²) >= 11 is 0. The third-order valence-electron chi connectivity index (χ3n) is 6.35. The van der Waals surface area contributed by atoms with Gasteiger partial charge in [-0.1, -0.05) is 97.1 Å². The van der Waals surface area contributed by atoms with E-state index in [1.165, 1.54) is 65.4 Å². The van der Waals surface area contributed by atoms with Crippen LogP contribution in [0.2, 0.25) is 0 Å². The maximum Gasteiger partial charge on any atom is 0.336 e. The number of amides is 1. The number of rotatable bonds is 2. The topological polar surface area (TPSA) is 80.4 Å². The Morgan fingerprint density at radius 2 is 1.17 bits per heavy atom. The van der Waals surface area contributed by atoms with Gasteiger partial charge in [0.2, 0.25) is 5.91 Å². The van der Waals surface area contributed by atoms with Crippen LogP contribution in [0.3, 0.4) is 0 Å². The molecule has 0 fully saturated rings. The number of carbonyl (C=O) groups is 2. The summed E-state index contributed by atoms with van der Waals surface area (Å²) < 4.78 is 0. The minimum absolute atomic E-state index is 0.0324. The monoisotopic (exact) mass is 475 g/mol. The lowest BCUT2D eigenvalue weighted by Gasteiger charge is -2.18. The van der Waals surface area contributed by atoms with E-state index in [2.05, 4.69) is 48.5 Å². The van der Waals surface area contributed by atoms with E-state index in [1.54, 1.807) is 17.2 Å². The van der Waals surface area contributed by atoms with Crippen LogP contribution in [0.15, 0.2) is 109 Å². The molecule has 0 aliphatic heterocycles. The number of aryl methyl sites for hydroxylation is 2. The fourth-order valence-electron chi connectivity index (χ4n) is 4.61. The number of carbonyl (C=O) groups excluding carboxylic acids is 1. The minimum Gasteiger partial charge on any atom is -0.478 e. The van der Waals surface area contributed by atoms with Gasteiger partial charge in [-0.15, -0.1) is 0 Å². The van der Waals surface area contributed by atoms with Crippen LogP contribution in [0, 0.1) is 0 Å². The molecule has 1 aliphatic rings. The Balaban J connectivity index is 0.000000146. The van der Waals surface area contributed by atoms with E-state index in [1.807, 2.05) is 36.4 Å². The Kier molecular flexibility index (Phi) is 8.09. The van der Waals surface area contributed by atoms with Crippen molar-refractivity contribution < 1.29 is 14.7 Å². The summed E-state index contributed by atoms with van der Waals surface area (Å²) in [5, 5.41) is 14.2. The molecule has 3 N–H and O–H groups in total. The highest BCUT2D eigenvalue weighted by Crippen LogP contribution is 2.33. The Bertz CT molecular complexity index is 1430. The van der Waals surface area contributed by atoms with Crippen molar-refractivity contribution in [1.29, 1.82) is 0 Å². The predicted octanol–water partition coefficient (Wildman–Crippen LogP) is 7.04. The van der Waals surface area contributed by atoms with Gasteiger partial charge in [0.1, 0.15) is 0 Å². The van der Waals surface area contributed by atoms with Gasteiger partial charge in [0, 0.05) is 0 Å². The van der Waals surface area contributed by atoms with Gasteiger partial charge >= 0.3 is 5.97 Å². The molecule has 5 aromatic rings. The molecule has 0 atom stereocenters. The summed E-state index contributed by atoms with van der Waals surface area (Å²) in [6.45, 7) is 0. The minimum atomic E-state index is -1.15. The van der Waals surface area contributed by atoms with Gasteiger partial charge in [0.15, 0.2) is 0 Å². The molecule has 36 heavy (non-hydrogen) atoms. The quantitative estimate of drug-likeness (QED) is 0.269. The van der Waals surface area contributed by atoms with Crippen LogP contribution in [0.5, 0.6) is 0 Å². The lowest BCUT2D eigenvalue weighted by atomic mass is 9.86. The van der Waals surface area contributed by atoms with Gasteiger partial charge in [-0.3, -0.25) is 4.79 Å². The molecule has 1 aliphatic carbocycles. The standard InChI is InChI=1S/C18H16.C8H7NO3.C6H6/c1-3-7-15-13(5-1)9-11-18-16-8-4-2-6-14(16)10-12-17(15)18;9-7(10)5-3-1-2-4-6(5)8(11)12;1-2-4-6-5-3-1/h1,3,5,7,9-12H,2,4,6,8H2;1-4H,(H2,9,10)(H,11,12);1-6H. The second-order valence-corrected chi connectivity index (χ2v) is 8.66. The molecule has 4 nitrogen and oxygen atoms in total. The van der Waals surface area contributed by atoms with Gasteiger partial charge in [0.25, 0.3) is 0 Å². The molecular formula is C32H29NO3. The van der Waals surface area contributed by atoms with E-state index in [0.717, 1.165) is 0 Å². The van der Waals surface area contributed by atoms with Crippen LogP contribution in [-0.4, -0.2) is 17.0 Å². The fourth-order valence-corrected chi connectivity index (χ4v) is 4.61. The summed E-state index contributed by atoms with van der Waals surface area (Å²) in [7, 11) is 0. The van der Waals surface area contributed by atoms with Crippen molar-refractivity contribution in [2.24, 2.45) is 5.73 Å². The Hall–Kier alpha value is -4.44. The molecule has 6 rings (SSSR count). The van der Waals surface area contributed by atoms with Crippen molar-refractivity contribution in [3.8, 4) is 0 Å². The first-order chi connectivity index (χ1) is 17.6. The highest BCUT2D eigenvalue weighted by atomic mass is 16.4. The third-order valence-corrected chi connectivity index (χ3v) is 6.35. The molecule has 0 aromatic heterocycles. The smallest absolute Gasteiger partial charge is 0.336 e. The van der Waals surface area contributed by atoms with Crippen molar-refractivity contribution in [3.63, 3.8) is 0 Å². The number of fused-ring (bicyclic) bond motifs is 5. The molecule has 0 radical (unpaired) electrons. The Morgan fingerprint density at radius 1 is 0.583 bits per heavy atom. The van der Waals surface area contributed by atoms with Gasteiger partial charge in [0.05, 0.1) is 11.1 Å².